The normalized spacial score (nSPS) is 30.9. The van der Waals surface area contributed by atoms with Crippen LogP contribution in [-0.4, -0.2) is 200 Å². The first-order valence-electron chi connectivity index (χ1n) is 53.0. The summed E-state index contributed by atoms with van der Waals surface area (Å²) in [6.07, 6.45) is -15.0. The SMILES string of the molecule is [2H]C1(N2Cc3c(N)cc(F)cc3C2=O)CCC(=O)NC1=O.[2H]C1([2H])CC([2H])(N2Cc3c(N)cc(F)cc3C2=O)C(=O)NC1=O.[2H]C1C(=O)NC(=O)C([2H])(N2Cc3c(N)cc(F)cc3C2=O)C1[2H].[2H]N1C(=O)CCC([2H])(N2Cc3c(cc(F)cc3N([2H])[2H])C2=O)C1=O.[2H]c1c(N)c2c(c([2H])c1F)C(=O)N(C1([2H])C(=O)NC(=O)C([2H])C1[2H])C2.[2H]c1c(N)c2c(c([2H])c1F)C(=O)N(C1([2H])CC([2H])([2H])C(=O)NC1=O)C2.[2H]c1c(N)c2c(c([2H])c1F)C(=O)N(C1([2H])CCC(=O)NC1=O)C2. The lowest BCUT2D eigenvalue weighted by Crippen LogP contribution is -2.52. The smallest absolute Gasteiger partial charge is 0.255 e. The van der Waals surface area contributed by atoms with Gasteiger partial charge in [-0.25, -0.2) is 30.7 Å². The quantitative estimate of drug-likeness (QED) is 0.0577. The van der Waals surface area contributed by atoms with E-state index in [2.05, 4.69) is 5.32 Å². The Bertz CT molecular complexity index is 8040. The van der Waals surface area contributed by atoms with E-state index in [4.69, 9.17) is 67.4 Å². The predicted octanol–water partition coefficient (Wildman–Crippen LogP) is 1.18. The summed E-state index contributed by atoms with van der Waals surface area (Å²) < 4.78 is 283. The molecule has 14 aliphatic heterocycles. The molecular weight excluding hydrogens is 1860 g/mol. The van der Waals surface area contributed by atoms with Crippen molar-refractivity contribution in [3.63, 3.8) is 0 Å². The number of nitrogens with two attached hydrogens (primary N) is 7. The number of halogens is 7. The fourth-order valence-corrected chi connectivity index (χ4v) is 16.0. The van der Waals surface area contributed by atoms with Gasteiger partial charge in [-0.1, -0.05) is 0 Å². The molecule has 7 fully saturated rings. The Kier molecular flexibility index (Phi) is 19.6. The highest BCUT2D eigenvalue weighted by atomic mass is 19.2. The highest BCUT2D eigenvalue weighted by Gasteiger charge is 2.49. The van der Waals surface area contributed by atoms with Crippen LogP contribution in [0.4, 0.5) is 70.5 Å². The Morgan fingerprint density at radius 1 is 0.271 bits per heavy atom. The number of piperidine rings is 7. The third kappa shape index (κ3) is 19.6. The van der Waals surface area contributed by atoms with Crippen molar-refractivity contribution in [3.8, 4) is 0 Å². The van der Waals surface area contributed by atoms with Crippen LogP contribution in [0.3, 0.4) is 0 Å². The maximum atomic E-state index is 13.9. The highest BCUT2D eigenvalue weighted by Crippen LogP contribution is 2.40. The minimum absolute atomic E-state index is 0.00398. The summed E-state index contributed by atoms with van der Waals surface area (Å²) >= 11 is 0. The number of hydrogen-bond donors (Lipinski definition) is 14. The number of nitrogen functional groups attached to an aromatic ring is 7. The van der Waals surface area contributed by atoms with Crippen molar-refractivity contribution in [3.05, 3.63) is 203 Å². The molecule has 0 saturated carbocycles. The fourth-order valence-electron chi connectivity index (χ4n) is 16.0. The van der Waals surface area contributed by atoms with Crippen molar-refractivity contribution < 1.29 is 164 Å². The van der Waals surface area contributed by atoms with Gasteiger partial charge in [0.2, 0.25) is 82.7 Å². The van der Waals surface area contributed by atoms with E-state index < -0.39 is 330 Å². The van der Waals surface area contributed by atoms with Gasteiger partial charge >= 0.3 is 0 Å². The fraction of sp³-hybridized carbons (Fsp3) is 0.308. The van der Waals surface area contributed by atoms with Gasteiger partial charge < -0.3 is 74.4 Å². The molecule has 21 N–H and O–H groups in total. The van der Waals surface area contributed by atoms with Gasteiger partial charge in [0, 0.05) is 219 Å². The number of imide groups is 7. The summed E-state index contributed by atoms with van der Waals surface area (Å²) in [4.78, 5) is 257. The van der Waals surface area contributed by atoms with E-state index in [9.17, 15) is 131 Å². The summed E-state index contributed by atoms with van der Waals surface area (Å²) in [5.74, 6) is -26.8. The van der Waals surface area contributed by atoms with Gasteiger partial charge in [-0.3, -0.25) is 138 Å². The highest BCUT2D eigenvalue weighted by molar-refractivity contribution is 6.13. The van der Waals surface area contributed by atoms with E-state index in [0.29, 0.717) is 15.4 Å². The number of carbonyl (C=O) groups excluding carboxylic acids is 21. The molecule has 14 aliphatic rings. The number of nitrogens with one attached hydrogen (secondary N) is 7. The first-order valence-corrected chi connectivity index (χ1v) is 40.8. The third-order valence-electron chi connectivity index (χ3n) is 22.8. The molecule has 49 heteroatoms. The zero-order valence-electron chi connectivity index (χ0n) is 95.2. The predicted molar refractivity (Wildman–Crippen MR) is 468 cm³/mol. The Morgan fingerprint density at radius 2 is 0.500 bits per heavy atom. The van der Waals surface area contributed by atoms with Crippen LogP contribution < -0.4 is 77.3 Å². The van der Waals surface area contributed by atoms with Crippen molar-refractivity contribution in [1.29, 1.82) is 0 Å². The zero-order chi connectivity index (χ0) is 122. The zero-order valence-corrected chi connectivity index (χ0v) is 71.2. The van der Waals surface area contributed by atoms with E-state index in [1.54, 1.807) is 16.0 Å². The van der Waals surface area contributed by atoms with Crippen molar-refractivity contribution in [2.45, 2.75) is 178 Å². The number of benzene rings is 7. The molecular formula is C91H84F7N21O21. The van der Waals surface area contributed by atoms with Crippen LogP contribution in [0.1, 0.15) is 230 Å². The van der Waals surface area contributed by atoms with E-state index in [1.807, 2.05) is 10.6 Å². The Hall–Kier alpha value is -17.1. The van der Waals surface area contributed by atoms with Gasteiger partial charge in [-0.15, -0.1) is 0 Å². The monoisotopic (exact) mass is 1960 g/mol. The molecule has 7 saturated heterocycles. The molecule has 21 amide bonds. The van der Waals surface area contributed by atoms with E-state index in [0.717, 1.165) is 73.0 Å². The van der Waals surface area contributed by atoms with Crippen LogP contribution in [0.2, 0.25) is 4.24 Å². The summed E-state index contributed by atoms with van der Waals surface area (Å²) in [7, 11) is 0. The Balaban J connectivity index is 0.000000141. The lowest BCUT2D eigenvalue weighted by Gasteiger charge is -2.29. The average molecular weight is 1960 g/mol. The second-order valence-electron chi connectivity index (χ2n) is 31.4. The van der Waals surface area contributed by atoms with Gasteiger partial charge in [0.25, 0.3) is 41.4 Å². The standard InChI is InChI=1S/7C13H12FN3O3/c7*14-6-3-7-8(9(15)4-6)5-17(13(7)20)10-1-2-11(18)16-12(10)19/h7*3-4,10H,1-2,5,15H2,(H,16,18,19)/i1D,2D,3D,4D,10D;2D2,3D,4D,10D;3D,4D,10D;1D,2D,10D;2D2,10D;2*10D/hD3. The minimum atomic E-state index is -2.63. The van der Waals surface area contributed by atoms with Crippen molar-refractivity contribution in [2.75, 3.05) is 40.1 Å². The maximum absolute atomic E-state index is 13.9. The molecule has 728 valence electrons. The number of nitrogens with zero attached hydrogens (tertiary/aromatic N) is 7. The van der Waals surface area contributed by atoms with Gasteiger partial charge in [0.15, 0.2) is 4.24 Å². The average Bonchev–Trinajstić information content (AvgIpc) is 1.59. The number of fused-ring (bicyclic) bond motifs is 7. The molecule has 0 radical (unpaired) electrons. The largest absolute Gasteiger partial charge is 0.398 e. The Morgan fingerprint density at radius 3 is 0.800 bits per heavy atom. The molecule has 7 aromatic carbocycles. The van der Waals surface area contributed by atoms with E-state index in [1.165, 1.54) is 0 Å². The number of carbonyl (C=O) groups is 21. The summed E-state index contributed by atoms with van der Waals surface area (Å²) in [5, 5.41) is 11.2. The van der Waals surface area contributed by atoms with Crippen molar-refractivity contribution in [1.82, 2.24) is 71.5 Å². The lowest BCUT2D eigenvalue weighted by molar-refractivity contribution is -0.138. The lowest BCUT2D eigenvalue weighted by atomic mass is 10.0. The van der Waals surface area contributed by atoms with Crippen molar-refractivity contribution in [2.24, 2.45) is 0 Å². The third-order valence-corrected chi connectivity index (χ3v) is 22.8. The molecule has 14 heterocycles. The van der Waals surface area contributed by atoms with Crippen LogP contribution >= 0.6 is 0 Å². The second-order valence-corrected chi connectivity index (χ2v) is 31.4. The minimum Gasteiger partial charge on any atom is -0.398 e. The molecule has 21 rings (SSSR count). The van der Waals surface area contributed by atoms with Crippen LogP contribution in [0.25, 0.3) is 0 Å². The summed E-state index contributed by atoms with van der Waals surface area (Å²) in [6, 6.07) is -12.8. The van der Waals surface area contributed by atoms with Crippen LogP contribution in [-0.2, 0) is 113 Å². The molecule has 11 unspecified atom stereocenters. The molecule has 0 aromatic heterocycles. The molecule has 0 aliphatic carbocycles. The number of amides is 21. The molecule has 0 bridgehead atoms. The topological polar surface area (TPSA) is 648 Å². The van der Waals surface area contributed by atoms with Gasteiger partial charge in [0.05, 0.1) is 17.8 Å². The molecule has 0 spiro atoms. The van der Waals surface area contributed by atoms with E-state index >= 15 is 0 Å². The number of hydrogen-bond acceptors (Lipinski definition) is 28. The number of anilines is 7. The van der Waals surface area contributed by atoms with Crippen LogP contribution in [0.5, 0.6) is 0 Å². The molecule has 11 atom stereocenters. The molecule has 140 heavy (non-hydrogen) atoms. The maximum Gasteiger partial charge on any atom is 0.255 e. The Labute approximate surface area is 819 Å². The van der Waals surface area contributed by atoms with Crippen LogP contribution in [0, 0.1) is 40.7 Å². The first-order chi connectivity index (χ1) is 75.8. The van der Waals surface area contributed by atoms with Crippen LogP contribution in [0.15, 0.2) is 84.8 Å². The first kappa shape index (κ1) is 70.6. The molecule has 7 aromatic rings. The number of rotatable bonds is 8. The summed E-state index contributed by atoms with van der Waals surface area (Å²) in [6.45, 7) is -2.11. The van der Waals surface area contributed by atoms with Gasteiger partial charge in [-0.2, -0.15) is 0 Å². The van der Waals surface area contributed by atoms with E-state index in [-0.39, 0.29) is 172 Å². The van der Waals surface area contributed by atoms with Gasteiger partial charge in [-0.05, 0) is 130 Å². The summed E-state index contributed by atoms with van der Waals surface area (Å²) in [5.41, 5.74) is 32.4. The molecule has 42 nitrogen and oxygen atoms in total. The second kappa shape index (κ2) is 39.0. The van der Waals surface area contributed by atoms with Crippen molar-refractivity contribution >= 4 is 164 Å². The van der Waals surface area contributed by atoms with Gasteiger partial charge in [0.1, 0.15) is 82.8 Å².